The van der Waals surface area contributed by atoms with Crippen LogP contribution < -0.4 is 27.0 Å². The maximum Gasteiger partial charge on any atom is 0.256 e. The summed E-state index contributed by atoms with van der Waals surface area (Å²) in [7, 11) is 5.36. The molecule has 0 radical (unpaired) electrons. The van der Waals surface area contributed by atoms with Gasteiger partial charge in [0.1, 0.15) is 11.4 Å². The van der Waals surface area contributed by atoms with Gasteiger partial charge in [-0.2, -0.15) is 4.98 Å². The number of nitrogens with one attached hydrogen (secondary N) is 4. The molecule has 0 aliphatic carbocycles. The molecular formula is C27H39N9O4. The van der Waals surface area contributed by atoms with Crippen molar-refractivity contribution in [3.63, 3.8) is 0 Å². The second kappa shape index (κ2) is 16.4. The average Bonchev–Trinajstić information content (AvgIpc) is 2.91. The number of carbonyl (C=O) groups excluding carboxylic acids is 4. The van der Waals surface area contributed by atoms with Crippen LogP contribution in [0.1, 0.15) is 40.5 Å². The van der Waals surface area contributed by atoms with Crippen LogP contribution in [0.5, 0.6) is 0 Å². The SMILES string of the molecule is CCCNc1nc(Nc2ccc(C(N)=O)cc2)ncc1C(=O)NCCCNC(=O)CN(C)C(=O)/C=C/CN(C)C. The first-order chi connectivity index (χ1) is 19.1. The van der Waals surface area contributed by atoms with Gasteiger partial charge in [0.2, 0.25) is 23.7 Å². The van der Waals surface area contributed by atoms with E-state index in [-0.39, 0.29) is 35.8 Å². The zero-order valence-corrected chi connectivity index (χ0v) is 23.5. The highest BCUT2D eigenvalue weighted by atomic mass is 16.2. The quantitative estimate of drug-likeness (QED) is 0.150. The number of likely N-dealkylation sites (N-methyl/N-ethyl adjacent to an activating group) is 2. The predicted molar refractivity (Wildman–Crippen MR) is 154 cm³/mol. The lowest BCUT2D eigenvalue weighted by atomic mass is 10.2. The minimum atomic E-state index is -0.519. The van der Waals surface area contributed by atoms with E-state index < -0.39 is 5.91 Å². The molecule has 0 saturated carbocycles. The molecule has 0 aliphatic heterocycles. The molecule has 6 N–H and O–H groups in total. The third-order valence-corrected chi connectivity index (χ3v) is 5.45. The molecule has 13 heteroatoms. The summed E-state index contributed by atoms with van der Waals surface area (Å²) in [6.45, 7) is 3.84. The first-order valence-electron chi connectivity index (χ1n) is 13.0. The van der Waals surface area contributed by atoms with Gasteiger partial charge in [-0.1, -0.05) is 13.0 Å². The summed E-state index contributed by atoms with van der Waals surface area (Å²) < 4.78 is 0. The van der Waals surface area contributed by atoms with Gasteiger partial charge >= 0.3 is 0 Å². The number of carbonyl (C=O) groups is 4. The summed E-state index contributed by atoms with van der Waals surface area (Å²) in [5, 5.41) is 11.8. The Bertz CT molecular complexity index is 1180. The van der Waals surface area contributed by atoms with Gasteiger partial charge in [0, 0.05) is 56.8 Å². The fraction of sp³-hybridized carbons (Fsp3) is 0.407. The van der Waals surface area contributed by atoms with Crippen molar-refractivity contribution in [3.05, 3.63) is 53.7 Å². The highest BCUT2D eigenvalue weighted by Crippen LogP contribution is 2.18. The molecule has 1 aromatic heterocycles. The Hall–Kier alpha value is -4.52. The molecule has 0 saturated heterocycles. The molecule has 2 aromatic rings. The van der Waals surface area contributed by atoms with Gasteiger partial charge in [-0.15, -0.1) is 0 Å². The normalized spacial score (nSPS) is 10.8. The van der Waals surface area contributed by atoms with E-state index in [1.165, 1.54) is 17.2 Å². The van der Waals surface area contributed by atoms with Crippen LogP contribution in [0.2, 0.25) is 0 Å². The Morgan fingerprint density at radius 2 is 1.70 bits per heavy atom. The summed E-state index contributed by atoms with van der Waals surface area (Å²) in [6.07, 6.45) is 5.94. The van der Waals surface area contributed by atoms with Crippen LogP contribution in [0.25, 0.3) is 0 Å². The number of aromatic nitrogens is 2. The maximum atomic E-state index is 12.8. The monoisotopic (exact) mass is 553 g/mol. The third-order valence-electron chi connectivity index (χ3n) is 5.45. The molecular weight excluding hydrogens is 514 g/mol. The summed E-state index contributed by atoms with van der Waals surface area (Å²) in [5.74, 6) is -0.740. The minimum absolute atomic E-state index is 0.0586. The van der Waals surface area contributed by atoms with Gasteiger partial charge in [-0.25, -0.2) is 4.98 Å². The van der Waals surface area contributed by atoms with Gasteiger partial charge in [0.05, 0.1) is 6.54 Å². The predicted octanol–water partition coefficient (Wildman–Crippen LogP) is 0.953. The number of benzene rings is 1. The summed E-state index contributed by atoms with van der Waals surface area (Å²) >= 11 is 0. The van der Waals surface area contributed by atoms with Gasteiger partial charge in [0.25, 0.3) is 5.91 Å². The molecule has 0 unspecified atom stereocenters. The van der Waals surface area contributed by atoms with Gasteiger partial charge < -0.3 is 36.8 Å². The highest BCUT2D eigenvalue weighted by Gasteiger charge is 2.15. The largest absolute Gasteiger partial charge is 0.369 e. The first kappa shape index (κ1) is 31.7. The fourth-order valence-corrected chi connectivity index (χ4v) is 3.29. The van der Waals surface area contributed by atoms with E-state index in [0.717, 1.165) is 6.42 Å². The zero-order valence-electron chi connectivity index (χ0n) is 23.5. The number of rotatable bonds is 16. The van der Waals surface area contributed by atoms with Crippen molar-refractivity contribution in [2.75, 3.05) is 64.5 Å². The molecule has 2 rings (SSSR count). The van der Waals surface area contributed by atoms with Crippen molar-refractivity contribution in [2.24, 2.45) is 5.73 Å². The Kier molecular flexibility index (Phi) is 13.0. The molecule has 0 aliphatic rings. The summed E-state index contributed by atoms with van der Waals surface area (Å²) in [5.41, 5.74) is 6.60. The number of nitrogens with two attached hydrogens (primary N) is 1. The lowest BCUT2D eigenvalue weighted by molar-refractivity contribution is -0.131. The second-order valence-corrected chi connectivity index (χ2v) is 9.27. The average molecular weight is 554 g/mol. The highest BCUT2D eigenvalue weighted by molar-refractivity contribution is 5.98. The number of hydrogen-bond acceptors (Lipinski definition) is 9. The Morgan fingerprint density at radius 3 is 2.35 bits per heavy atom. The number of nitrogens with zero attached hydrogens (tertiary/aromatic N) is 4. The van der Waals surface area contributed by atoms with E-state index in [1.54, 1.807) is 37.4 Å². The molecule has 4 amide bonds. The fourth-order valence-electron chi connectivity index (χ4n) is 3.29. The second-order valence-electron chi connectivity index (χ2n) is 9.27. The van der Waals surface area contributed by atoms with E-state index in [4.69, 9.17) is 5.73 Å². The maximum absolute atomic E-state index is 12.8. The van der Waals surface area contributed by atoms with Crippen molar-refractivity contribution >= 4 is 41.1 Å². The van der Waals surface area contributed by atoms with Crippen LogP contribution in [0, 0.1) is 0 Å². The van der Waals surface area contributed by atoms with Crippen molar-refractivity contribution in [1.82, 2.24) is 30.4 Å². The lowest BCUT2D eigenvalue weighted by Crippen LogP contribution is -2.38. The van der Waals surface area contributed by atoms with E-state index in [2.05, 4.69) is 31.2 Å². The summed E-state index contributed by atoms with van der Waals surface area (Å²) in [6, 6.07) is 6.55. The molecule has 0 spiro atoms. The van der Waals surface area contributed by atoms with Crippen LogP contribution in [0.3, 0.4) is 0 Å². The molecule has 0 atom stereocenters. The van der Waals surface area contributed by atoms with E-state index in [1.807, 2.05) is 25.9 Å². The molecule has 1 aromatic carbocycles. The topological polar surface area (TPSA) is 175 Å². The van der Waals surface area contributed by atoms with Crippen molar-refractivity contribution in [3.8, 4) is 0 Å². The lowest BCUT2D eigenvalue weighted by Gasteiger charge is -2.15. The number of amides is 4. The molecule has 0 bridgehead atoms. The Labute approximate surface area is 234 Å². The Balaban J connectivity index is 1.84. The van der Waals surface area contributed by atoms with Gasteiger partial charge in [-0.05, 0) is 51.2 Å². The zero-order chi connectivity index (χ0) is 29.5. The third kappa shape index (κ3) is 11.1. The van der Waals surface area contributed by atoms with Crippen LogP contribution in [-0.2, 0) is 9.59 Å². The number of anilines is 3. The van der Waals surface area contributed by atoms with E-state index in [0.29, 0.717) is 49.7 Å². The molecule has 216 valence electrons. The first-order valence-corrected chi connectivity index (χ1v) is 13.0. The molecule has 13 nitrogen and oxygen atoms in total. The molecule has 40 heavy (non-hydrogen) atoms. The van der Waals surface area contributed by atoms with Crippen LogP contribution in [-0.4, -0.2) is 97.3 Å². The van der Waals surface area contributed by atoms with E-state index >= 15 is 0 Å². The van der Waals surface area contributed by atoms with E-state index in [9.17, 15) is 19.2 Å². The van der Waals surface area contributed by atoms with Crippen molar-refractivity contribution in [2.45, 2.75) is 19.8 Å². The van der Waals surface area contributed by atoms with Crippen molar-refractivity contribution in [1.29, 1.82) is 0 Å². The minimum Gasteiger partial charge on any atom is -0.369 e. The summed E-state index contributed by atoms with van der Waals surface area (Å²) in [4.78, 5) is 60.2. The molecule has 0 fully saturated rings. The molecule has 1 heterocycles. The van der Waals surface area contributed by atoms with Crippen LogP contribution >= 0.6 is 0 Å². The van der Waals surface area contributed by atoms with Gasteiger partial charge in [-0.3, -0.25) is 19.2 Å². The van der Waals surface area contributed by atoms with Gasteiger partial charge in [0.15, 0.2) is 0 Å². The van der Waals surface area contributed by atoms with Crippen LogP contribution in [0.4, 0.5) is 17.5 Å². The Morgan fingerprint density at radius 1 is 1.00 bits per heavy atom. The smallest absolute Gasteiger partial charge is 0.256 e. The standard InChI is InChI=1S/C27H39N9O4/c1-5-13-30-25-21(17-32-27(34-25)33-20-11-9-19(10-12-20)24(28)39)26(40)31-15-7-14-29-22(37)18-36(4)23(38)8-6-16-35(2)3/h6,8-12,17H,5,7,13-16,18H2,1-4H3,(H2,28,39)(H,29,37)(H,31,40)(H2,30,32,33,34)/b8-6+. The number of primary amides is 1. The van der Waals surface area contributed by atoms with Crippen LogP contribution in [0.15, 0.2) is 42.6 Å². The van der Waals surface area contributed by atoms with Crippen molar-refractivity contribution < 1.29 is 19.2 Å². The number of hydrogen-bond donors (Lipinski definition) is 5.